The molecule has 4 atom stereocenters. The van der Waals surface area contributed by atoms with Crippen LogP contribution in [0.1, 0.15) is 94.1 Å². The largest absolute Gasteiger partial charge is 0.497 e. The number of hydrogen-bond acceptors (Lipinski definition) is 3. The Balaban J connectivity index is 1.39. The summed E-state index contributed by atoms with van der Waals surface area (Å²) >= 11 is 0. The summed E-state index contributed by atoms with van der Waals surface area (Å²) in [5, 5.41) is 14.3. The highest BCUT2D eigenvalue weighted by molar-refractivity contribution is 5.42. The van der Waals surface area contributed by atoms with Crippen molar-refractivity contribution in [3.8, 4) is 5.75 Å². The van der Waals surface area contributed by atoms with Gasteiger partial charge in [-0.15, -0.1) is 0 Å². The third kappa shape index (κ3) is 4.86. The first-order valence-corrected chi connectivity index (χ1v) is 12.9. The molecule has 0 saturated heterocycles. The number of nitrogens with one attached hydrogen (secondary N) is 1. The highest BCUT2D eigenvalue weighted by Gasteiger charge is 2.51. The zero-order valence-corrected chi connectivity index (χ0v) is 21.3. The molecule has 33 heavy (non-hydrogen) atoms. The molecule has 0 spiro atoms. The summed E-state index contributed by atoms with van der Waals surface area (Å²) in [6, 6.07) is 15.1. The van der Waals surface area contributed by atoms with Crippen LogP contribution in [-0.4, -0.2) is 25.3 Å². The molecule has 0 bridgehead atoms. The zero-order chi connectivity index (χ0) is 23.6. The molecule has 1 fully saturated rings. The standard InChI is InChI=1S/C30H43NO2/c1-21(2)23-9-13-26-24(19-23)10-14-28-29(3,16-6-17-30(26,28)4)20-31-18-15-27(32)22-7-11-25(33-5)12-8-22/h7-9,11-13,19,21,27-28,31-32H,6,10,14-18,20H2,1-5H3. The third-order valence-corrected chi connectivity index (χ3v) is 8.79. The molecule has 180 valence electrons. The molecule has 2 aromatic rings. The second-order valence-electron chi connectivity index (χ2n) is 11.3. The van der Waals surface area contributed by atoms with Gasteiger partial charge in [0.15, 0.2) is 0 Å². The second kappa shape index (κ2) is 9.80. The quantitative estimate of drug-likeness (QED) is 0.450. The van der Waals surface area contributed by atoms with Gasteiger partial charge in [-0.1, -0.05) is 64.4 Å². The molecule has 3 nitrogen and oxygen atoms in total. The summed E-state index contributed by atoms with van der Waals surface area (Å²) in [6.45, 7) is 11.5. The maximum atomic E-state index is 10.6. The van der Waals surface area contributed by atoms with E-state index in [1.165, 1.54) is 37.7 Å². The van der Waals surface area contributed by atoms with Crippen LogP contribution in [-0.2, 0) is 11.8 Å². The van der Waals surface area contributed by atoms with Gasteiger partial charge in [-0.2, -0.15) is 0 Å². The maximum Gasteiger partial charge on any atom is 0.118 e. The Labute approximate surface area is 201 Å². The summed E-state index contributed by atoms with van der Waals surface area (Å²) in [7, 11) is 1.67. The monoisotopic (exact) mass is 449 g/mol. The van der Waals surface area contributed by atoms with Gasteiger partial charge >= 0.3 is 0 Å². The Morgan fingerprint density at radius 2 is 1.79 bits per heavy atom. The van der Waals surface area contributed by atoms with Crippen LogP contribution >= 0.6 is 0 Å². The van der Waals surface area contributed by atoms with Crippen LogP contribution < -0.4 is 10.1 Å². The van der Waals surface area contributed by atoms with E-state index in [1.54, 1.807) is 18.2 Å². The molecule has 4 rings (SSSR count). The molecular weight excluding hydrogens is 406 g/mol. The molecule has 0 heterocycles. The molecule has 1 saturated carbocycles. The smallest absolute Gasteiger partial charge is 0.118 e. The van der Waals surface area contributed by atoms with E-state index in [1.807, 2.05) is 24.3 Å². The highest BCUT2D eigenvalue weighted by Crippen LogP contribution is 2.57. The van der Waals surface area contributed by atoms with Crippen molar-refractivity contribution in [3.63, 3.8) is 0 Å². The van der Waals surface area contributed by atoms with Crippen LogP contribution in [0, 0.1) is 11.3 Å². The van der Waals surface area contributed by atoms with Crippen LogP contribution in [0.4, 0.5) is 0 Å². The van der Waals surface area contributed by atoms with Gasteiger partial charge in [-0.05, 0) is 95.7 Å². The van der Waals surface area contributed by atoms with E-state index >= 15 is 0 Å². The van der Waals surface area contributed by atoms with Crippen molar-refractivity contribution in [1.29, 1.82) is 0 Å². The number of benzene rings is 2. The van der Waals surface area contributed by atoms with Crippen LogP contribution in [0.15, 0.2) is 42.5 Å². The molecule has 0 aliphatic heterocycles. The molecule has 2 aromatic carbocycles. The van der Waals surface area contributed by atoms with Gasteiger partial charge in [-0.3, -0.25) is 0 Å². The van der Waals surface area contributed by atoms with E-state index in [9.17, 15) is 5.11 Å². The Bertz CT molecular complexity index is 937. The fraction of sp³-hybridized carbons (Fsp3) is 0.600. The number of fused-ring (bicyclic) bond motifs is 3. The van der Waals surface area contributed by atoms with Gasteiger partial charge in [0.1, 0.15) is 5.75 Å². The Morgan fingerprint density at radius 1 is 1.06 bits per heavy atom. The van der Waals surface area contributed by atoms with Crippen molar-refractivity contribution < 1.29 is 9.84 Å². The van der Waals surface area contributed by atoms with Crippen LogP contribution in [0.3, 0.4) is 0 Å². The molecule has 0 aromatic heterocycles. The number of ether oxygens (including phenoxy) is 1. The number of rotatable bonds is 8. The average Bonchev–Trinajstić information content (AvgIpc) is 2.81. The lowest BCUT2D eigenvalue weighted by Gasteiger charge is -2.55. The Kier molecular flexibility index (Phi) is 7.21. The van der Waals surface area contributed by atoms with E-state index < -0.39 is 6.10 Å². The molecule has 2 N–H and O–H groups in total. The van der Waals surface area contributed by atoms with Gasteiger partial charge in [-0.25, -0.2) is 0 Å². The van der Waals surface area contributed by atoms with Gasteiger partial charge < -0.3 is 15.2 Å². The predicted molar refractivity (Wildman–Crippen MR) is 137 cm³/mol. The van der Waals surface area contributed by atoms with Crippen molar-refractivity contribution in [2.45, 2.75) is 83.7 Å². The lowest BCUT2D eigenvalue weighted by molar-refractivity contribution is 0.0252. The molecule has 3 heteroatoms. The van der Waals surface area contributed by atoms with Gasteiger partial charge in [0.05, 0.1) is 13.2 Å². The maximum absolute atomic E-state index is 10.6. The zero-order valence-electron chi connectivity index (χ0n) is 21.3. The van der Waals surface area contributed by atoms with E-state index in [0.717, 1.165) is 30.8 Å². The van der Waals surface area contributed by atoms with Crippen LogP contribution in [0.25, 0.3) is 0 Å². The minimum absolute atomic E-state index is 0.278. The lowest BCUT2D eigenvalue weighted by Crippen LogP contribution is -2.52. The topological polar surface area (TPSA) is 41.5 Å². The van der Waals surface area contributed by atoms with Crippen molar-refractivity contribution in [2.75, 3.05) is 20.2 Å². The van der Waals surface area contributed by atoms with E-state index in [0.29, 0.717) is 17.3 Å². The fourth-order valence-electron chi connectivity index (χ4n) is 6.82. The van der Waals surface area contributed by atoms with Crippen molar-refractivity contribution in [2.24, 2.45) is 11.3 Å². The second-order valence-corrected chi connectivity index (χ2v) is 11.3. The minimum Gasteiger partial charge on any atom is -0.497 e. The Morgan fingerprint density at radius 3 is 2.48 bits per heavy atom. The van der Waals surface area contributed by atoms with Gasteiger partial charge in [0, 0.05) is 6.54 Å². The summed E-state index contributed by atoms with van der Waals surface area (Å²) in [5.41, 5.74) is 6.22. The first-order chi connectivity index (χ1) is 15.8. The predicted octanol–water partition coefficient (Wildman–Crippen LogP) is 6.54. The SMILES string of the molecule is COc1ccc(C(O)CCNCC2(C)CCCC3(C)c4ccc(C(C)C)cc4CCC23)cc1. The van der Waals surface area contributed by atoms with Crippen molar-refractivity contribution in [1.82, 2.24) is 5.32 Å². The average molecular weight is 450 g/mol. The van der Waals surface area contributed by atoms with Crippen molar-refractivity contribution >= 4 is 0 Å². The number of hydrogen-bond donors (Lipinski definition) is 2. The van der Waals surface area contributed by atoms with Gasteiger partial charge in [0.25, 0.3) is 0 Å². The number of aliphatic hydroxyl groups is 1. The van der Waals surface area contributed by atoms with Crippen LogP contribution in [0.2, 0.25) is 0 Å². The first-order valence-electron chi connectivity index (χ1n) is 12.9. The normalized spacial score (nSPS) is 27.7. The van der Waals surface area contributed by atoms with E-state index in [-0.39, 0.29) is 5.41 Å². The number of aliphatic hydroxyl groups excluding tert-OH is 1. The molecular formula is C30H43NO2. The molecule has 0 amide bonds. The molecule has 4 unspecified atom stereocenters. The summed E-state index contributed by atoms with van der Waals surface area (Å²) in [5.74, 6) is 2.12. The van der Waals surface area contributed by atoms with E-state index in [4.69, 9.17) is 4.74 Å². The summed E-state index contributed by atoms with van der Waals surface area (Å²) in [6.07, 6.45) is 6.68. The van der Waals surface area contributed by atoms with E-state index in [2.05, 4.69) is 51.2 Å². The minimum atomic E-state index is -0.440. The van der Waals surface area contributed by atoms with Crippen LogP contribution in [0.5, 0.6) is 5.75 Å². The Hall–Kier alpha value is -1.84. The highest BCUT2D eigenvalue weighted by atomic mass is 16.5. The van der Waals surface area contributed by atoms with Gasteiger partial charge in [0.2, 0.25) is 0 Å². The summed E-state index contributed by atoms with van der Waals surface area (Å²) < 4.78 is 5.22. The molecule has 2 aliphatic rings. The number of methoxy groups -OCH3 is 1. The molecule has 0 radical (unpaired) electrons. The third-order valence-electron chi connectivity index (χ3n) is 8.79. The fourth-order valence-corrected chi connectivity index (χ4v) is 6.82. The summed E-state index contributed by atoms with van der Waals surface area (Å²) in [4.78, 5) is 0. The molecule has 2 aliphatic carbocycles. The lowest BCUT2D eigenvalue weighted by atomic mass is 9.49. The first kappa shape index (κ1) is 24.3. The number of aryl methyl sites for hydroxylation is 1. The van der Waals surface area contributed by atoms with Crippen molar-refractivity contribution in [3.05, 3.63) is 64.7 Å².